The summed E-state index contributed by atoms with van der Waals surface area (Å²) >= 11 is 3.95. The highest BCUT2D eigenvalue weighted by Crippen LogP contribution is 1.85. The Morgan fingerprint density at radius 2 is 2.09 bits per heavy atom. The van der Waals surface area contributed by atoms with Gasteiger partial charge in [0.2, 0.25) is 0 Å². The lowest BCUT2D eigenvalue weighted by Gasteiger charge is -2.02. The van der Waals surface area contributed by atoms with Gasteiger partial charge in [0.1, 0.15) is 6.61 Å². The molecule has 66 valence electrons. The molecule has 4 heteroatoms. The zero-order valence-corrected chi connectivity index (χ0v) is 7.60. The number of carbonyl (C=O) groups is 1. The molecule has 0 heterocycles. The van der Waals surface area contributed by atoms with Gasteiger partial charge >= 0.3 is 5.97 Å². The van der Waals surface area contributed by atoms with Crippen LogP contribution in [0.25, 0.3) is 0 Å². The highest BCUT2D eigenvalue weighted by atomic mass is 32.1. The molecule has 0 aromatic heterocycles. The maximum Gasteiger partial charge on any atom is 0.305 e. The maximum atomic E-state index is 10.6. The third-order valence-electron chi connectivity index (χ3n) is 1.02. The molecule has 0 bridgehead atoms. The third kappa shape index (κ3) is 7.68. The summed E-state index contributed by atoms with van der Waals surface area (Å²) in [5.41, 5.74) is 0. The molecular formula is C7H14O3S. The first-order chi connectivity index (χ1) is 5.31. The standard InChI is InChI=1S/C7H14O3S/c1-2-7(8)10-4-3-9-5-6-11/h11H,2-6H2,1H3. The lowest BCUT2D eigenvalue weighted by atomic mass is 10.5. The van der Waals surface area contributed by atoms with Crippen molar-refractivity contribution in [1.82, 2.24) is 0 Å². The van der Waals surface area contributed by atoms with Gasteiger partial charge < -0.3 is 9.47 Å². The SMILES string of the molecule is CCC(=O)OCCOCCS. The minimum absolute atomic E-state index is 0.181. The van der Waals surface area contributed by atoms with Crippen molar-refractivity contribution in [2.75, 3.05) is 25.6 Å². The second-order valence-corrected chi connectivity index (χ2v) is 2.36. The van der Waals surface area contributed by atoms with E-state index in [1.165, 1.54) is 0 Å². The van der Waals surface area contributed by atoms with Gasteiger partial charge in [-0.3, -0.25) is 4.79 Å². The number of thiol groups is 1. The minimum atomic E-state index is -0.181. The van der Waals surface area contributed by atoms with E-state index in [1.807, 2.05) is 0 Å². The fraction of sp³-hybridized carbons (Fsp3) is 0.857. The first kappa shape index (κ1) is 10.8. The van der Waals surface area contributed by atoms with Crippen molar-refractivity contribution in [3.05, 3.63) is 0 Å². The van der Waals surface area contributed by atoms with E-state index in [2.05, 4.69) is 12.6 Å². The van der Waals surface area contributed by atoms with E-state index in [-0.39, 0.29) is 5.97 Å². The number of carbonyl (C=O) groups excluding carboxylic acids is 1. The van der Waals surface area contributed by atoms with Crippen LogP contribution in [0, 0.1) is 0 Å². The Morgan fingerprint density at radius 3 is 2.64 bits per heavy atom. The van der Waals surface area contributed by atoms with E-state index in [9.17, 15) is 4.79 Å². The number of rotatable bonds is 6. The molecule has 0 aliphatic rings. The van der Waals surface area contributed by atoms with E-state index < -0.39 is 0 Å². The smallest absolute Gasteiger partial charge is 0.305 e. The second-order valence-electron chi connectivity index (χ2n) is 1.91. The van der Waals surface area contributed by atoms with Crippen LogP contribution in [-0.4, -0.2) is 31.5 Å². The van der Waals surface area contributed by atoms with Gasteiger partial charge in [0, 0.05) is 12.2 Å². The van der Waals surface area contributed by atoms with Crippen LogP contribution in [0.4, 0.5) is 0 Å². The topological polar surface area (TPSA) is 35.5 Å². The maximum absolute atomic E-state index is 10.6. The Bertz CT molecular complexity index is 106. The summed E-state index contributed by atoms with van der Waals surface area (Å²) in [4.78, 5) is 10.6. The Hall–Kier alpha value is -0.220. The number of ether oxygens (including phenoxy) is 2. The molecule has 0 N–H and O–H groups in total. The van der Waals surface area contributed by atoms with E-state index in [0.29, 0.717) is 32.0 Å². The van der Waals surface area contributed by atoms with E-state index in [1.54, 1.807) is 6.92 Å². The van der Waals surface area contributed by atoms with Crippen LogP contribution >= 0.6 is 12.6 Å². The van der Waals surface area contributed by atoms with Crippen molar-refractivity contribution in [2.45, 2.75) is 13.3 Å². The summed E-state index contributed by atoms with van der Waals surface area (Å²) in [7, 11) is 0. The Labute approximate surface area is 72.5 Å². The minimum Gasteiger partial charge on any atom is -0.463 e. The van der Waals surface area contributed by atoms with Crippen molar-refractivity contribution in [3.63, 3.8) is 0 Å². The summed E-state index contributed by atoms with van der Waals surface area (Å²) in [5.74, 6) is 0.515. The molecule has 0 amide bonds. The molecule has 0 saturated heterocycles. The molecule has 0 aromatic rings. The first-order valence-corrected chi connectivity index (χ1v) is 4.28. The van der Waals surface area contributed by atoms with Crippen molar-refractivity contribution >= 4 is 18.6 Å². The zero-order chi connectivity index (χ0) is 8.53. The predicted octanol–water partition coefficient (Wildman–Crippen LogP) is 0.886. The van der Waals surface area contributed by atoms with Crippen molar-refractivity contribution in [2.24, 2.45) is 0 Å². The molecular weight excluding hydrogens is 164 g/mol. The van der Waals surface area contributed by atoms with Crippen LogP contribution in [0.3, 0.4) is 0 Å². The first-order valence-electron chi connectivity index (χ1n) is 3.65. The van der Waals surface area contributed by atoms with Crippen molar-refractivity contribution in [3.8, 4) is 0 Å². The monoisotopic (exact) mass is 178 g/mol. The molecule has 0 radical (unpaired) electrons. The van der Waals surface area contributed by atoms with Gasteiger partial charge in [0.25, 0.3) is 0 Å². The lowest BCUT2D eigenvalue weighted by Crippen LogP contribution is -2.10. The van der Waals surface area contributed by atoms with Gasteiger partial charge in [-0.1, -0.05) is 6.92 Å². The fourth-order valence-electron chi connectivity index (χ4n) is 0.483. The number of hydrogen-bond donors (Lipinski definition) is 1. The third-order valence-corrected chi connectivity index (χ3v) is 1.20. The van der Waals surface area contributed by atoms with Gasteiger partial charge in [-0.05, 0) is 0 Å². The molecule has 0 atom stereocenters. The quantitative estimate of drug-likeness (QED) is 0.372. The molecule has 0 spiro atoms. The molecule has 0 unspecified atom stereocenters. The summed E-state index contributed by atoms with van der Waals surface area (Å²) in [6, 6.07) is 0. The van der Waals surface area contributed by atoms with Crippen LogP contribution in [0.2, 0.25) is 0 Å². The second kappa shape index (κ2) is 7.88. The van der Waals surface area contributed by atoms with Crippen molar-refractivity contribution in [1.29, 1.82) is 0 Å². The van der Waals surface area contributed by atoms with Crippen LogP contribution in [0.1, 0.15) is 13.3 Å². The van der Waals surface area contributed by atoms with Gasteiger partial charge in [0.05, 0.1) is 13.2 Å². The molecule has 11 heavy (non-hydrogen) atoms. The van der Waals surface area contributed by atoms with Gasteiger partial charge in [0.15, 0.2) is 0 Å². The molecule has 0 saturated carbocycles. The summed E-state index contributed by atoms with van der Waals surface area (Å²) < 4.78 is 9.77. The average molecular weight is 178 g/mol. The molecule has 0 fully saturated rings. The number of hydrogen-bond acceptors (Lipinski definition) is 4. The lowest BCUT2D eigenvalue weighted by molar-refractivity contribution is -0.144. The summed E-state index contributed by atoms with van der Waals surface area (Å²) in [5, 5.41) is 0. The largest absolute Gasteiger partial charge is 0.463 e. The van der Waals surface area contributed by atoms with Gasteiger partial charge in [-0.2, -0.15) is 12.6 Å². The zero-order valence-electron chi connectivity index (χ0n) is 6.71. The Balaban J connectivity index is 2.95. The Morgan fingerprint density at radius 1 is 1.36 bits per heavy atom. The molecule has 0 aliphatic carbocycles. The van der Waals surface area contributed by atoms with Crippen molar-refractivity contribution < 1.29 is 14.3 Å². The molecule has 0 aromatic carbocycles. The van der Waals surface area contributed by atoms with E-state index in [0.717, 1.165) is 0 Å². The fourth-order valence-corrected chi connectivity index (χ4v) is 0.612. The highest BCUT2D eigenvalue weighted by molar-refractivity contribution is 7.80. The average Bonchev–Trinajstić information content (AvgIpc) is 2.04. The van der Waals surface area contributed by atoms with Crippen LogP contribution < -0.4 is 0 Å². The van der Waals surface area contributed by atoms with Crippen LogP contribution in [-0.2, 0) is 14.3 Å². The van der Waals surface area contributed by atoms with Crippen LogP contribution in [0.15, 0.2) is 0 Å². The normalized spacial score (nSPS) is 9.64. The Kier molecular flexibility index (Phi) is 7.72. The molecule has 3 nitrogen and oxygen atoms in total. The van der Waals surface area contributed by atoms with E-state index in [4.69, 9.17) is 9.47 Å². The van der Waals surface area contributed by atoms with E-state index >= 15 is 0 Å². The highest BCUT2D eigenvalue weighted by Gasteiger charge is 1.95. The molecule has 0 aliphatic heterocycles. The summed E-state index contributed by atoms with van der Waals surface area (Å²) in [6.45, 7) is 3.18. The predicted molar refractivity (Wildman–Crippen MR) is 45.9 cm³/mol. The molecule has 0 rings (SSSR count). The van der Waals surface area contributed by atoms with Crippen LogP contribution in [0.5, 0.6) is 0 Å². The summed E-state index contributed by atoms with van der Waals surface area (Å²) in [6.07, 6.45) is 0.423. The number of esters is 1. The van der Waals surface area contributed by atoms with Gasteiger partial charge in [-0.25, -0.2) is 0 Å². The van der Waals surface area contributed by atoms with Gasteiger partial charge in [-0.15, -0.1) is 0 Å².